The van der Waals surface area contributed by atoms with Crippen molar-refractivity contribution in [3.8, 4) is 0 Å². The molecule has 1 fully saturated rings. The number of carbonyl (C=O) groups excluding carboxylic acids is 1. The summed E-state index contributed by atoms with van der Waals surface area (Å²) in [6, 6.07) is 4.78. The van der Waals surface area contributed by atoms with E-state index in [1.54, 1.807) is 12.1 Å². The van der Waals surface area contributed by atoms with Gasteiger partial charge in [0.25, 0.3) is 0 Å². The molecule has 0 aromatic heterocycles. The molecular weight excluding hydrogens is 227 g/mol. The summed E-state index contributed by atoms with van der Waals surface area (Å²) in [5.41, 5.74) is 1.22. The summed E-state index contributed by atoms with van der Waals surface area (Å²) < 4.78 is 13.6. The van der Waals surface area contributed by atoms with Gasteiger partial charge in [0.1, 0.15) is 5.82 Å². The van der Waals surface area contributed by atoms with E-state index in [2.05, 4.69) is 0 Å². The van der Waals surface area contributed by atoms with Gasteiger partial charge in [-0.05, 0) is 25.0 Å². The zero-order chi connectivity index (χ0) is 13.0. The third kappa shape index (κ3) is 3.41. The molecule has 1 aliphatic carbocycles. The Kier molecular flexibility index (Phi) is 4.51. The SMILES string of the molecule is Cc1ccc(F)c(C(=O)CC2CCCCCC2)c1. The lowest BCUT2D eigenvalue weighted by atomic mass is 9.91. The van der Waals surface area contributed by atoms with Crippen LogP contribution in [0.5, 0.6) is 0 Å². The molecule has 0 bridgehead atoms. The second-order valence-corrected chi connectivity index (χ2v) is 5.47. The molecule has 0 heterocycles. The molecule has 0 spiro atoms. The first-order valence-corrected chi connectivity index (χ1v) is 6.96. The molecule has 0 N–H and O–H groups in total. The summed E-state index contributed by atoms with van der Waals surface area (Å²) in [5.74, 6) is 0.0576. The Bertz CT molecular complexity index is 417. The third-order valence-corrected chi connectivity index (χ3v) is 3.87. The Labute approximate surface area is 108 Å². The van der Waals surface area contributed by atoms with Gasteiger partial charge in [0.2, 0.25) is 0 Å². The van der Waals surface area contributed by atoms with Crippen LogP contribution in [0.2, 0.25) is 0 Å². The fourth-order valence-electron chi connectivity index (χ4n) is 2.79. The molecule has 1 nitrogen and oxygen atoms in total. The monoisotopic (exact) mass is 248 g/mol. The zero-order valence-corrected chi connectivity index (χ0v) is 11.0. The summed E-state index contributed by atoms with van der Waals surface area (Å²) in [4.78, 5) is 12.2. The molecule has 1 aliphatic rings. The highest BCUT2D eigenvalue weighted by atomic mass is 19.1. The zero-order valence-electron chi connectivity index (χ0n) is 11.0. The van der Waals surface area contributed by atoms with Crippen LogP contribution in [-0.4, -0.2) is 5.78 Å². The molecule has 18 heavy (non-hydrogen) atoms. The average molecular weight is 248 g/mol. The van der Waals surface area contributed by atoms with Gasteiger partial charge in [-0.3, -0.25) is 4.79 Å². The number of halogens is 1. The van der Waals surface area contributed by atoms with E-state index in [9.17, 15) is 9.18 Å². The van der Waals surface area contributed by atoms with Crippen molar-refractivity contribution in [3.05, 3.63) is 35.1 Å². The van der Waals surface area contributed by atoms with Crippen molar-refractivity contribution in [2.75, 3.05) is 0 Å². The van der Waals surface area contributed by atoms with Crippen LogP contribution in [0, 0.1) is 18.7 Å². The van der Waals surface area contributed by atoms with Gasteiger partial charge in [-0.1, -0.05) is 50.2 Å². The fourth-order valence-corrected chi connectivity index (χ4v) is 2.79. The number of ketones is 1. The molecule has 0 saturated heterocycles. The summed E-state index contributed by atoms with van der Waals surface area (Å²) in [7, 11) is 0. The van der Waals surface area contributed by atoms with Crippen LogP contribution < -0.4 is 0 Å². The normalized spacial score (nSPS) is 17.4. The Morgan fingerprint density at radius 3 is 2.56 bits per heavy atom. The summed E-state index contributed by atoms with van der Waals surface area (Å²) >= 11 is 0. The molecule has 1 aromatic rings. The summed E-state index contributed by atoms with van der Waals surface area (Å²) in [6.45, 7) is 1.89. The minimum atomic E-state index is -0.376. The summed E-state index contributed by atoms with van der Waals surface area (Å²) in [6.07, 6.45) is 7.76. The van der Waals surface area contributed by atoms with Crippen molar-refractivity contribution in [1.29, 1.82) is 0 Å². The molecule has 0 atom stereocenters. The lowest BCUT2D eigenvalue weighted by Crippen LogP contribution is -2.10. The van der Waals surface area contributed by atoms with Gasteiger partial charge >= 0.3 is 0 Å². The van der Waals surface area contributed by atoms with E-state index in [4.69, 9.17) is 0 Å². The smallest absolute Gasteiger partial charge is 0.166 e. The van der Waals surface area contributed by atoms with Gasteiger partial charge in [0.05, 0.1) is 5.56 Å². The van der Waals surface area contributed by atoms with E-state index in [1.165, 1.54) is 31.7 Å². The number of aryl methyl sites for hydroxylation is 1. The summed E-state index contributed by atoms with van der Waals surface area (Å²) in [5, 5.41) is 0. The third-order valence-electron chi connectivity index (χ3n) is 3.87. The maximum Gasteiger partial charge on any atom is 0.166 e. The first-order valence-electron chi connectivity index (χ1n) is 6.96. The first-order chi connectivity index (χ1) is 8.66. The minimum absolute atomic E-state index is 0.0249. The average Bonchev–Trinajstić information content (AvgIpc) is 2.61. The molecule has 2 heteroatoms. The molecule has 0 radical (unpaired) electrons. The lowest BCUT2D eigenvalue weighted by Gasteiger charge is -2.13. The van der Waals surface area contributed by atoms with Gasteiger partial charge < -0.3 is 0 Å². The van der Waals surface area contributed by atoms with E-state index < -0.39 is 0 Å². The molecule has 98 valence electrons. The first kappa shape index (κ1) is 13.3. The predicted octanol–water partition coefficient (Wildman–Crippen LogP) is 4.68. The van der Waals surface area contributed by atoms with Crippen LogP contribution in [0.25, 0.3) is 0 Å². The second-order valence-electron chi connectivity index (χ2n) is 5.47. The van der Waals surface area contributed by atoms with Crippen molar-refractivity contribution in [3.63, 3.8) is 0 Å². The lowest BCUT2D eigenvalue weighted by molar-refractivity contribution is 0.0953. The van der Waals surface area contributed by atoms with Crippen LogP contribution in [0.1, 0.15) is 60.9 Å². The van der Waals surface area contributed by atoms with Gasteiger partial charge in [0.15, 0.2) is 5.78 Å². The Hall–Kier alpha value is -1.18. The van der Waals surface area contributed by atoms with E-state index in [-0.39, 0.29) is 17.2 Å². The molecule has 0 aliphatic heterocycles. The number of carbonyl (C=O) groups is 1. The molecule has 1 aromatic carbocycles. The minimum Gasteiger partial charge on any atom is -0.294 e. The Morgan fingerprint density at radius 2 is 1.89 bits per heavy atom. The van der Waals surface area contributed by atoms with Crippen molar-refractivity contribution in [2.45, 2.75) is 51.9 Å². The number of Topliss-reactive ketones (excluding diaryl/α,β-unsaturated/α-hetero) is 1. The highest BCUT2D eigenvalue weighted by Gasteiger charge is 2.19. The van der Waals surface area contributed by atoms with E-state index >= 15 is 0 Å². The van der Waals surface area contributed by atoms with Crippen LogP contribution >= 0.6 is 0 Å². The maximum atomic E-state index is 13.6. The number of hydrogen-bond donors (Lipinski definition) is 0. The Morgan fingerprint density at radius 1 is 1.22 bits per heavy atom. The predicted molar refractivity (Wildman–Crippen MR) is 71.3 cm³/mol. The van der Waals surface area contributed by atoms with Crippen LogP contribution in [0.3, 0.4) is 0 Å². The molecular formula is C16H21FO. The molecule has 2 rings (SSSR count). The largest absolute Gasteiger partial charge is 0.294 e. The maximum absolute atomic E-state index is 13.6. The standard InChI is InChI=1S/C16H21FO/c1-12-8-9-15(17)14(10-12)16(18)11-13-6-4-2-3-5-7-13/h8-10,13H,2-7,11H2,1H3. The second kappa shape index (κ2) is 6.12. The number of rotatable bonds is 3. The van der Waals surface area contributed by atoms with Crippen LogP contribution in [0.15, 0.2) is 18.2 Å². The van der Waals surface area contributed by atoms with E-state index in [1.807, 2.05) is 6.92 Å². The van der Waals surface area contributed by atoms with Gasteiger partial charge in [-0.25, -0.2) is 4.39 Å². The van der Waals surface area contributed by atoms with Crippen molar-refractivity contribution >= 4 is 5.78 Å². The van der Waals surface area contributed by atoms with E-state index in [0.29, 0.717) is 12.3 Å². The molecule has 0 unspecified atom stereocenters. The molecule has 0 amide bonds. The highest BCUT2D eigenvalue weighted by Crippen LogP contribution is 2.27. The Balaban J connectivity index is 2.04. The van der Waals surface area contributed by atoms with Gasteiger partial charge in [-0.15, -0.1) is 0 Å². The van der Waals surface area contributed by atoms with Crippen LogP contribution in [0.4, 0.5) is 4.39 Å². The van der Waals surface area contributed by atoms with Gasteiger partial charge in [0, 0.05) is 6.42 Å². The number of benzene rings is 1. The van der Waals surface area contributed by atoms with Crippen molar-refractivity contribution in [1.82, 2.24) is 0 Å². The van der Waals surface area contributed by atoms with E-state index in [0.717, 1.165) is 18.4 Å². The van der Waals surface area contributed by atoms with Gasteiger partial charge in [-0.2, -0.15) is 0 Å². The van der Waals surface area contributed by atoms with Crippen LogP contribution in [-0.2, 0) is 0 Å². The van der Waals surface area contributed by atoms with Crippen molar-refractivity contribution in [2.24, 2.45) is 5.92 Å². The van der Waals surface area contributed by atoms with Crippen molar-refractivity contribution < 1.29 is 9.18 Å². The topological polar surface area (TPSA) is 17.1 Å². The fraction of sp³-hybridized carbons (Fsp3) is 0.562. The molecule has 1 saturated carbocycles. The highest BCUT2D eigenvalue weighted by molar-refractivity contribution is 5.96. The number of hydrogen-bond acceptors (Lipinski definition) is 1. The quantitative estimate of drug-likeness (QED) is 0.561.